The minimum absolute atomic E-state index is 0.195. The van der Waals surface area contributed by atoms with Gasteiger partial charge in [0, 0.05) is 22.8 Å². The van der Waals surface area contributed by atoms with Crippen molar-refractivity contribution in [3.05, 3.63) is 66.4 Å². The molecule has 3 aromatic rings. The highest BCUT2D eigenvalue weighted by Gasteiger charge is 2.11. The molecule has 23 heavy (non-hydrogen) atoms. The number of carbonyl (C=O) groups is 2. The smallest absolute Gasteiger partial charge is 0.418 e. The molecular formula is C18H16N2O3. The van der Waals surface area contributed by atoms with Gasteiger partial charge in [-0.25, -0.2) is 4.79 Å². The van der Waals surface area contributed by atoms with Crippen LogP contribution in [0.2, 0.25) is 0 Å². The van der Waals surface area contributed by atoms with Gasteiger partial charge in [-0.1, -0.05) is 24.3 Å². The number of fused-ring (bicyclic) bond motifs is 1. The largest absolute Gasteiger partial charge is 0.449 e. The van der Waals surface area contributed by atoms with Gasteiger partial charge in [0.2, 0.25) is 0 Å². The number of aromatic nitrogens is 1. The van der Waals surface area contributed by atoms with Crippen molar-refractivity contribution >= 4 is 28.6 Å². The summed E-state index contributed by atoms with van der Waals surface area (Å²) in [4.78, 5) is 24.1. The maximum Gasteiger partial charge on any atom is 0.418 e. The maximum absolute atomic E-state index is 12.2. The zero-order valence-electron chi connectivity index (χ0n) is 12.7. The fourth-order valence-corrected chi connectivity index (χ4v) is 2.35. The van der Waals surface area contributed by atoms with Gasteiger partial charge in [0.15, 0.2) is 0 Å². The number of benzene rings is 2. The molecule has 5 nitrogen and oxygen atoms in total. The summed E-state index contributed by atoms with van der Waals surface area (Å²) in [6, 6.07) is 16.2. The van der Waals surface area contributed by atoms with Gasteiger partial charge in [0.05, 0.1) is 12.1 Å². The average molecular weight is 308 g/mol. The first-order chi connectivity index (χ1) is 11.2. The molecule has 0 unspecified atom stereocenters. The predicted molar refractivity (Wildman–Crippen MR) is 88.8 cm³/mol. The van der Waals surface area contributed by atoms with Gasteiger partial charge in [0.1, 0.15) is 0 Å². The Hall–Kier alpha value is -3.08. The molecule has 1 aromatic heterocycles. The Morgan fingerprint density at radius 3 is 2.61 bits per heavy atom. The second kappa shape index (κ2) is 6.36. The summed E-state index contributed by atoms with van der Waals surface area (Å²) in [7, 11) is 0. The Morgan fingerprint density at radius 2 is 1.87 bits per heavy atom. The number of nitrogens with one attached hydrogen (secondary N) is 1. The van der Waals surface area contributed by atoms with Crippen LogP contribution < -0.4 is 5.32 Å². The van der Waals surface area contributed by atoms with Crippen LogP contribution in [-0.4, -0.2) is 23.2 Å². The Labute approximate surface area is 133 Å². The number of rotatable bonds is 3. The van der Waals surface area contributed by atoms with E-state index in [1.54, 1.807) is 37.4 Å². The van der Waals surface area contributed by atoms with E-state index in [4.69, 9.17) is 4.74 Å². The molecular weight excluding hydrogens is 292 g/mol. The van der Waals surface area contributed by atoms with E-state index in [0.29, 0.717) is 23.4 Å². The molecule has 2 aromatic carbocycles. The van der Waals surface area contributed by atoms with Gasteiger partial charge in [-0.15, -0.1) is 0 Å². The fourth-order valence-electron chi connectivity index (χ4n) is 2.35. The summed E-state index contributed by atoms with van der Waals surface area (Å²) < 4.78 is 6.45. The van der Waals surface area contributed by atoms with Crippen LogP contribution in [0, 0.1) is 0 Å². The predicted octanol–water partition coefficient (Wildman–Crippen LogP) is 3.90. The molecule has 0 radical (unpaired) electrons. The summed E-state index contributed by atoms with van der Waals surface area (Å²) >= 11 is 0. The molecule has 3 rings (SSSR count). The zero-order chi connectivity index (χ0) is 16.2. The van der Waals surface area contributed by atoms with E-state index >= 15 is 0 Å². The summed E-state index contributed by atoms with van der Waals surface area (Å²) in [5, 5.41) is 3.73. The lowest BCUT2D eigenvalue weighted by Gasteiger charge is -2.07. The van der Waals surface area contributed by atoms with Crippen LogP contribution >= 0.6 is 0 Å². The molecule has 0 spiro atoms. The number of ether oxygens (including phenoxy) is 1. The number of hydrogen-bond acceptors (Lipinski definition) is 3. The summed E-state index contributed by atoms with van der Waals surface area (Å²) in [5.74, 6) is -0.195. The molecule has 0 atom stereocenters. The standard InChI is InChI=1S/C18H16N2O3/c1-2-23-18(22)20-11-10-13-8-9-15(12-16(13)20)19-17(21)14-6-4-3-5-7-14/h3-12H,2H2,1H3,(H,19,21). The Bertz CT molecular complexity index is 853. The molecule has 1 heterocycles. The Morgan fingerprint density at radius 1 is 1.09 bits per heavy atom. The van der Waals surface area contributed by atoms with Crippen molar-refractivity contribution < 1.29 is 14.3 Å². The molecule has 116 valence electrons. The summed E-state index contributed by atoms with van der Waals surface area (Å²) in [6.07, 6.45) is 1.22. The van der Waals surface area contributed by atoms with Gasteiger partial charge < -0.3 is 10.1 Å². The van der Waals surface area contributed by atoms with Crippen molar-refractivity contribution in [2.45, 2.75) is 6.92 Å². The summed E-state index contributed by atoms with van der Waals surface area (Å²) in [5.41, 5.74) is 1.89. The van der Waals surface area contributed by atoms with Crippen molar-refractivity contribution in [1.29, 1.82) is 0 Å². The van der Waals surface area contributed by atoms with Crippen molar-refractivity contribution in [3.8, 4) is 0 Å². The lowest BCUT2D eigenvalue weighted by atomic mass is 10.2. The molecule has 0 aliphatic rings. The van der Waals surface area contributed by atoms with E-state index in [1.165, 1.54) is 4.57 Å². The van der Waals surface area contributed by atoms with Gasteiger partial charge in [-0.2, -0.15) is 0 Å². The van der Waals surface area contributed by atoms with Crippen molar-refractivity contribution in [2.75, 3.05) is 11.9 Å². The monoisotopic (exact) mass is 308 g/mol. The van der Waals surface area contributed by atoms with E-state index in [-0.39, 0.29) is 5.91 Å². The van der Waals surface area contributed by atoms with Crippen LogP contribution in [0.1, 0.15) is 17.3 Å². The molecule has 0 saturated heterocycles. The molecule has 0 aliphatic heterocycles. The van der Waals surface area contributed by atoms with Crippen LogP contribution in [0.25, 0.3) is 10.9 Å². The second-order valence-corrected chi connectivity index (χ2v) is 4.98. The zero-order valence-corrected chi connectivity index (χ0v) is 12.7. The molecule has 0 bridgehead atoms. The SMILES string of the molecule is CCOC(=O)n1ccc2ccc(NC(=O)c3ccccc3)cc21. The fraction of sp³-hybridized carbons (Fsp3) is 0.111. The van der Waals surface area contributed by atoms with Crippen LogP contribution in [-0.2, 0) is 4.74 Å². The third-order valence-electron chi connectivity index (χ3n) is 3.45. The van der Waals surface area contributed by atoms with Crippen LogP contribution in [0.5, 0.6) is 0 Å². The first-order valence-electron chi connectivity index (χ1n) is 7.33. The number of carbonyl (C=O) groups excluding carboxylic acids is 2. The van der Waals surface area contributed by atoms with Crippen LogP contribution in [0.15, 0.2) is 60.8 Å². The highest BCUT2D eigenvalue weighted by atomic mass is 16.5. The third kappa shape index (κ3) is 3.08. The van der Waals surface area contributed by atoms with Crippen molar-refractivity contribution in [3.63, 3.8) is 0 Å². The highest BCUT2D eigenvalue weighted by Crippen LogP contribution is 2.21. The lowest BCUT2D eigenvalue weighted by molar-refractivity contribution is 0.102. The Kier molecular flexibility index (Phi) is 4.10. The van der Waals surface area contributed by atoms with Crippen LogP contribution in [0.3, 0.4) is 0 Å². The van der Waals surface area contributed by atoms with Gasteiger partial charge >= 0.3 is 6.09 Å². The summed E-state index contributed by atoms with van der Waals surface area (Å²) in [6.45, 7) is 2.07. The van der Waals surface area contributed by atoms with E-state index < -0.39 is 6.09 Å². The molecule has 0 saturated carbocycles. The number of amides is 1. The van der Waals surface area contributed by atoms with E-state index in [0.717, 1.165) is 5.39 Å². The Balaban J connectivity index is 1.89. The number of hydrogen-bond donors (Lipinski definition) is 1. The molecule has 1 N–H and O–H groups in total. The second-order valence-electron chi connectivity index (χ2n) is 4.98. The number of nitrogens with zero attached hydrogens (tertiary/aromatic N) is 1. The first kappa shape index (κ1) is 14.8. The quantitative estimate of drug-likeness (QED) is 0.798. The minimum Gasteiger partial charge on any atom is -0.449 e. The van der Waals surface area contributed by atoms with Gasteiger partial charge in [-0.05, 0) is 37.3 Å². The van der Waals surface area contributed by atoms with Gasteiger partial charge in [0.25, 0.3) is 5.91 Å². The normalized spacial score (nSPS) is 10.5. The molecule has 5 heteroatoms. The molecule has 0 fully saturated rings. The van der Waals surface area contributed by atoms with Crippen molar-refractivity contribution in [2.24, 2.45) is 0 Å². The van der Waals surface area contributed by atoms with Crippen LogP contribution in [0.4, 0.5) is 10.5 Å². The van der Waals surface area contributed by atoms with E-state index in [1.807, 2.05) is 30.3 Å². The van der Waals surface area contributed by atoms with Gasteiger partial charge in [-0.3, -0.25) is 9.36 Å². The average Bonchev–Trinajstić information content (AvgIpc) is 2.99. The first-order valence-corrected chi connectivity index (χ1v) is 7.33. The van der Waals surface area contributed by atoms with Crippen molar-refractivity contribution in [1.82, 2.24) is 4.57 Å². The molecule has 1 amide bonds. The highest BCUT2D eigenvalue weighted by molar-refractivity contribution is 6.05. The maximum atomic E-state index is 12.2. The van der Waals surface area contributed by atoms with E-state index in [2.05, 4.69) is 5.32 Å². The topological polar surface area (TPSA) is 60.3 Å². The minimum atomic E-state index is -0.436. The third-order valence-corrected chi connectivity index (χ3v) is 3.45. The lowest BCUT2D eigenvalue weighted by Crippen LogP contribution is -2.13. The molecule has 0 aliphatic carbocycles. The van der Waals surface area contributed by atoms with E-state index in [9.17, 15) is 9.59 Å². The number of anilines is 1.